The number of likely N-dealkylation sites (N-methyl/N-ethyl adjacent to an activating group) is 2. The molecule has 3 aromatic rings. The van der Waals surface area contributed by atoms with Crippen LogP contribution in [0.5, 0.6) is 11.5 Å². The maximum atomic E-state index is 5.93. The van der Waals surface area contributed by atoms with Gasteiger partial charge in [0.2, 0.25) is 5.89 Å². The predicted molar refractivity (Wildman–Crippen MR) is 108 cm³/mol. The SMILES string of the molecule is CN(C)CCOc1ccc(-c2nc3ccc(OCCN(C)C)cc3o2)cc1. The van der Waals surface area contributed by atoms with Crippen LogP contribution in [-0.4, -0.2) is 69.3 Å². The summed E-state index contributed by atoms with van der Waals surface area (Å²) in [6.45, 7) is 3.04. The van der Waals surface area contributed by atoms with Crippen LogP contribution in [0.15, 0.2) is 46.9 Å². The van der Waals surface area contributed by atoms with E-state index in [1.165, 1.54) is 0 Å². The fraction of sp³-hybridized carbons (Fsp3) is 0.381. The molecule has 27 heavy (non-hydrogen) atoms. The summed E-state index contributed by atoms with van der Waals surface area (Å²) in [6, 6.07) is 13.5. The Bertz CT molecular complexity index is 857. The first-order valence-corrected chi connectivity index (χ1v) is 9.07. The van der Waals surface area contributed by atoms with E-state index in [4.69, 9.17) is 13.9 Å². The molecule has 0 aliphatic rings. The third-order valence-electron chi connectivity index (χ3n) is 4.08. The van der Waals surface area contributed by atoms with Gasteiger partial charge in [-0.2, -0.15) is 0 Å². The van der Waals surface area contributed by atoms with Crippen LogP contribution >= 0.6 is 0 Å². The molecule has 0 spiro atoms. The van der Waals surface area contributed by atoms with Gasteiger partial charge in [-0.15, -0.1) is 0 Å². The Balaban J connectivity index is 1.67. The lowest BCUT2D eigenvalue weighted by molar-refractivity contribution is 0.261. The molecular formula is C21H27N3O3. The van der Waals surface area contributed by atoms with Gasteiger partial charge in [0.1, 0.15) is 30.2 Å². The molecule has 0 atom stereocenters. The normalized spacial score (nSPS) is 11.5. The molecule has 0 radical (unpaired) electrons. The minimum atomic E-state index is 0.593. The van der Waals surface area contributed by atoms with Crippen molar-refractivity contribution in [2.45, 2.75) is 0 Å². The van der Waals surface area contributed by atoms with Crippen LogP contribution in [0.25, 0.3) is 22.6 Å². The fourth-order valence-corrected chi connectivity index (χ4v) is 2.50. The molecule has 3 rings (SSSR count). The number of benzene rings is 2. The van der Waals surface area contributed by atoms with Crippen molar-refractivity contribution in [1.29, 1.82) is 0 Å². The molecule has 0 N–H and O–H groups in total. The zero-order valence-corrected chi connectivity index (χ0v) is 16.4. The second kappa shape index (κ2) is 8.88. The summed E-state index contributed by atoms with van der Waals surface area (Å²) in [5.41, 5.74) is 2.45. The van der Waals surface area contributed by atoms with E-state index in [-0.39, 0.29) is 0 Å². The number of nitrogens with zero attached hydrogens (tertiary/aromatic N) is 3. The van der Waals surface area contributed by atoms with Crippen molar-refractivity contribution >= 4 is 11.1 Å². The van der Waals surface area contributed by atoms with Crippen LogP contribution < -0.4 is 9.47 Å². The molecule has 0 amide bonds. The van der Waals surface area contributed by atoms with Crippen molar-refractivity contribution in [3.63, 3.8) is 0 Å². The second-order valence-electron chi connectivity index (χ2n) is 6.98. The smallest absolute Gasteiger partial charge is 0.227 e. The van der Waals surface area contributed by atoms with E-state index in [1.54, 1.807) is 0 Å². The number of hydrogen-bond donors (Lipinski definition) is 0. The van der Waals surface area contributed by atoms with E-state index in [0.29, 0.717) is 19.1 Å². The molecule has 0 saturated heterocycles. The highest BCUT2D eigenvalue weighted by Crippen LogP contribution is 2.28. The lowest BCUT2D eigenvalue weighted by Crippen LogP contribution is -2.19. The summed E-state index contributed by atoms with van der Waals surface area (Å²) in [6.07, 6.45) is 0. The minimum Gasteiger partial charge on any atom is -0.492 e. The highest BCUT2D eigenvalue weighted by molar-refractivity contribution is 5.77. The van der Waals surface area contributed by atoms with Gasteiger partial charge < -0.3 is 23.7 Å². The summed E-state index contributed by atoms with van der Waals surface area (Å²) in [5, 5.41) is 0. The molecule has 144 valence electrons. The number of ether oxygens (including phenoxy) is 2. The van der Waals surface area contributed by atoms with Crippen molar-refractivity contribution in [1.82, 2.24) is 14.8 Å². The predicted octanol–water partition coefficient (Wildman–Crippen LogP) is 3.38. The summed E-state index contributed by atoms with van der Waals surface area (Å²) in [5.74, 6) is 2.22. The Morgan fingerprint density at radius 3 is 2.04 bits per heavy atom. The summed E-state index contributed by atoms with van der Waals surface area (Å²) < 4.78 is 17.4. The fourth-order valence-electron chi connectivity index (χ4n) is 2.50. The monoisotopic (exact) mass is 369 g/mol. The molecule has 0 unspecified atom stereocenters. The van der Waals surface area contributed by atoms with Gasteiger partial charge in [-0.25, -0.2) is 4.98 Å². The van der Waals surface area contributed by atoms with E-state index < -0.39 is 0 Å². The van der Waals surface area contributed by atoms with Crippen molar-refractivity contribution in [3.8, 4) is 23.0 Å². The Hall–Kier alpha value is -2.57. The van der Waals surface area contributed by atoms with Crippen LogP contribution in [-0.2, 0) is 0 Å². The van der Waals surface area contributed by atoms with Gasteiger partial charge in [-0.05, 0) is 64.6 Å². The molecule has 0 aliphatic heterocycles. The third kappa shape index (κ3) is 5.45. The largest absolute Gasteiger partial charge is 0.492 e. The van der Waals surface area contributed by atoms with Gasteiger partial charge >= 0.3 is 0 Å². The van der Waals surface area contributed by atoms with Gasteiger partial charge in [0.15, 0.2) is 5.58 Å². The molecule has 6 nitrogen and oxygen atoms in total. The van der Waals surface area contributed by atoms with Crippen LogP contribution in [0.1, 0.15) is 0 Å². The van der Waals surface area contributed by atoms with Crippen molar-refractivity contribution in [3.05, 3.63) is 42.5 Å². The van der Waals surface area contributed by atoms with E-state index in [2.05, 4.69) is 14.8 Å². The van der Waals surface area contributed by atoms with Crippen molar-refractivity contribution in [2.75, 3.05) is 54.5 Å². The van der Waals surface area contributed by atoms with Crippen molar-refractivity contribution < 1.29 is 13.9 Å². The van der Waals surface area contributed by atoms with Crippen LogP contribution in [0, 0.1) is 0 Å². The topological polar surface area (TPSA) is 51.0 Å². The zero-order chi connectivity index (χ0) is 19.2. The average Bonchev–Trinajstić information content (AvgIpc) is 3.05. The molecule has 0 bridgehead atoms. The number of aromatic nitrogens is 1. The highest BCUT2D eigenvalue weighted by atomic mass is 16.5. The van der Waals surface area contributed by atoms with Gasteiger partial charge in [0.05, 0.1) is 0 Å². The Labute approximate surface area is 160 Å². The van der Waals surface area contributed by atoms with Gasteiger partial charge in [0.25, 0.3) is 0 Å². The first kappa shape index (κ1) is 19.2. The van der Waals surface area contributed by atoms with Gasteiger partial charge in [0, 0.05) is 24.7 Å². The standard InChI is InChI=1S/C21H27N3O3/c1-23(2)11-13-25-17-7-5-16(6-8-17)21-22-19-10-9-18(15-20(19)27-21)26-14-12-24(3)4/h5-10,15H,11-14H2,1-4H3. The van der Waals surface area contributed by atoms with Gasteiger partial charge in [-0.1, -0.05) is 0 Å². The molecule has 2 aromatic carbocycles. The Morgan fingerprint density at radius 2 is 1.41 bits per heavy atom. The lowest BCUT2D eigenvalue weighted by Gasteiger charge is -2.10. The Morgan fingerprint density at radius 1 is 0.815 bits per heavy atom. The maximum Gasteiger partial charge on any atom is 0.227 e. The summed E-state index contributed by atoms with van der Waals surface area (Å²) in [4.78, 5) is 8.74. The lowest BCUT2D eigenvalue weighted by atomic mass is 10.2. The molecule has 6 heteroatoms. The molecular weight excluding hydrogens is 342 g/mol. The van der Waals surface area contributed by atoms with Crippen LogP contribution in [0.2, 0.25) is 0 Å². The van der Waals surface area contributed by atoms with Gasteiger partial charge in [-0.3, -0.25) is 0 Å². The Kier molecular flexibility index (Phi) is 6.32. The van der Waals surface area contributed by atoms with Crippen molar-refractivity contribution in [2.24, 2.45) is 0 Å². The molecule has 1 aromatic heterocycles. The number of rotatable bonds is 9. The minimum absolute atomic E-state index is 0.593. The molecule has 1 heterocycles. The van der Waals surface area contributed by atoms with E-state index in [9.17, 15) is 0 Å². The van der Waals surface area contributed by atoms with Crippen LogP contribution in [0.3, 0.4) is 0 Å². The van der Waals surface area contributed by atoms with E-state index in [1.807, 2.05) is 70.7 Å². The number of fused-ring (bicyclic) bond motifs is 1. The zero-order valence-electron chi connectivity index (χ0n) is 16.4. The van der Waals surface area contributed by atoms with E-state index >= 15 is 0 Å². The molecule has 0 aliphatic carbocycles. The molecule has 0 saturated carbocycles. The summed E-state index contributed by atoms with van der Waals surface area (Å²) >= 11 is 0. The van der Waals surface area contributed by atoms with E-state index in [0.717, 1.165) is 41.3 Å². The number of hydrogen-bond acceptors (Lipinski definition) is 6. The second-order valence-corrected chi connectivity index (χ2v) is 6.98. The number of oxazole rings is 1. The first-order chi connectivity index (χ1) is 13.0. The third-order valence-corrected chi connectivity index (χ3v) is 4.08. The molecule has 0 fully saturated rings. The van der Waals surface area contributed by atoms with Crippen LogP contribution in [0.4, 0.5) is 0 Å². The highest BCUT2D eigenvalue weighted by Gasteiger charge is 2.10. The first-order valence-electron chi connectivity index (χ1n) is 9.07. The maximum absolute atomic E-state index is 5.93. The summed E-state index contributed by atoms with van der Waals surface area (Å²) in [7, 11) is 8.10. The average molecular weight is 369 g/mol. The quantitative estimate of drug-likeness (QED) is 0.576.